The molecule has 0 spiro atoms. The molecule has 4 rings (SSSR count). The van der Waals surface area contributed by atoms with E-state index in [1.807, 2.05) is 0 Å². The van der Waals surface area contributed by atoms with Crippen molar-refractivity contribution in [2.75, 3.05) is 18.8 Å². The second-order valence-electron chi connectivity index (χ2n) is 7.59. The van der Waals surface area contributed by atoms with E-state index in [1.165, 1.54) is 50.9 Å². The van der Waals surface area contributed by atoms with Gasteiger partial charge in [0.1, 0.15) is 0 Å². The van der Waals surface area contributed by atoms with Crippen molar-refractivity contribution >= 4 is 11.8 Å². The lowest BCUT2D eigenvalue weighted by Gasteiger charge is -2.34. The molecule has 1 aromatic carbocycles. The molecule has 0 aromatic heterocycles. The maximum Gasteiger partial charge on any atom is 0.0107 e. The quantitative estimate of drug-likeness (QED) is 0.766. The van der Waals surface area contributed by atoms with Gasteiger partial charge in [0.25, 0.3) is 0 Å². The van der Waals surface area contributed by atoms with Gasteiger partial charge < -0.3 is 5.32 Å². The van der Waals surface area contributed by atoms with Crippen molar-refractivity contribution in [1.29, 1.82) is 0 Å². The highest BCUT2D eigenvalue weighted by atomic mass is 32.2. The predicted molar refractivity (Wildman–Crippen MR) is 90.9 cm³/mol. The average Bonchev–Trinajstić information content (AvgIpc) is 2.94. The summed E-state index contributed by atoms with van der Waals surface area (Å²) < 4.78 is 0. The molecule has 1 aliphatic heterocycles. The number of hydrogen-bond donors (Lipinski definition) is 1. The lowest BCUT2D eigenvalue weighted by Crippen LogP contribution is -2.35. The summed E-state index contributed by atoms with van der Waals surface area (Å²) in [5, 5.41) is 3.75. The third kappa shape index (κ3) is 2.77. The van der Waals surface area contributed by atoms with Crippen LogP contribution in [0, 0.1) is 17.3 Å². The Hall–Kier alpha value is -0.470. The molecule has 3 aliphatic rings. The van der Waals surface area contributed by atoms with Gasteiger partial charge >= 0.3 is 0 Å². The van der Waals surface area contributed by atoms with Gasteiger partial charge in [0.2, 0.25) is 0 Å². The zero-order valence-electron chi connectivity index (χ0n) is 13.1. The van der Waals surface area contributed by atoms with Gasteiger partial charge in [0.15, 0.2) is 0 Å². The molecule has 2 aliphatic carbocycles. The first-order valence-electron chi connectivity index (χ1n) is 8.72. The summed E-state index contributed by atoms with van der Waals surface area (Å²) >= 11 is 2.08. The Morgan fingerprint density at radius 1 is 1.24 bits per heavy atom. The average molecular weight is 301 g/mol. The molecule has 0 bridgehead atoms. The van der Waals surface area contributed by atoms with Gasteiger partial charge in [-0.25, -0.2) is 0 Å². The molecule has 2 saturated carbocycles. The Balaban J connectivity index is 1.48. The second-order valence-corrected chi connectivity index (χ2v) is 8.65. The van der Waals surface area contributed by atoms with Crippen LogP contribution in [-0.4, -0.2) is 18.8 Å². The molecule has 3 unspecified atom stereocenters. The summed E-state index contributed by atoms with van der Waals surface area (Å²) in [7, 11) is 0. The minimum Gasteiger partial charge on any atom is -0.316 e. The number of nitrogens with one attached hydrogen (secondary N) is 1. The molecule has 0 radical (unpaired) electrons. The van der Waals surface area contributed by atoms with E-state index in [4.69, 9.17) is 0 Å². The van der Waals surface area contributed by atoms with Crippen LogP contribution < -0.4 is 5.32 Å². The van der Waals surface area contributed by atoms with E-state index in [-0.39, 0.29) is 0 Å². The van der Waals surface area contributed by atoms with Crippen LogP contribution in [0.5, 0.6) is 0 Å². The first kappa shape index (κ1) is 14.1. The molecule has 3 atom stereocenters. The third-order valence-electron chi connectivity index (χ3n) is 5.86. The Labute approximate surface area is 133 Å². The van der Waals surface area contributed by atoms with Gasteiger partial charge in [0.05, 0.1) is 0 Å². The SMILES string of the molecule is CCCNCC1(CC2CSc3ccccc32)CC2CC2C1. The molecule has 0 saturated heterocycles. The van der Waals surface area contributed by atoms with Gasteiger partial charge in [-0.2, -0.15) is 0 Å². The van der Waals surface area contributed by atoms with Crippen LogP contribution in [0.1, 0.15) is 50.5 Å². The van der Waals surface area contributed by atoms with Crippen LogP contribution >= 0.6 is 11.8 Å². The molecule has 21 heavy (non-hydrogen) atoms. The van der Waals surface area contributed by atoms with E-state index in [0.717, 1.165) is 17.8 Å². The second kappa shape index (κ2) is 5.62. The molecule has 1 aromatic rings. The topological polar surface area (TPSA) is 12.0 Å². The lowest BCUT2D eigenvalue weighted by atomic mass is 9.74. The number of hydrogen-bond acceptors (Lipinski definition) is 2. The van der Waals surface area contributed by atoms with E-state index in [2.05, 4.69) is 48.3 Å². The largest absolute Gasteiger partial charge is 0.316 e. The van der Waals surface area contributed by atoms with Gasteiger partial charge in [-0.05, 0) is 73.4 Å². The van der Waals surface area contributed by atoms with Crippen LogP contribution in [0.3, 0.4) is 0 Å². The van der Waals surface area contributed by atoms with E-state index in [0.29, 0.717) is 5.41 Å². The molecular weight excluding hydrogens is 274 g/mol. The summed E-state index contributed by atoms with van der Waals surface area (Å²) in [5.74, 6) is 4.27. The van der Waals surface area contributed by atoms with E-state index < -0.39 is 0 Å². The fourth-order valence-corrected chi connectivity index (χ4v) is 6.09. The van der Waals surface area contributed by atoms with Gasteiger partial charge in [-0.15, -0.1) is 11.8 Å². The van der Waals surface area contributed by atoms with Crippen molar-refractivity contribution in [3.63, 3.8) is 0 Å². The van der Waals surface area contributed by atoms with Crippen molar-refractivity contribution in [2.45, 2.75) is 49.8 Å². The van der Waals surface area contributed by atoms with Crippen molar-refractivity contribution in [3.05, 3.63) is 29.8 Å². The third-order valence-corrected chi connectivity index (χ3v) is 7.12. The lowest BCUT2D eigenvalue weighted by molar-refractivity contribution is 0.217. The molecule has 114 valence electrons. The van der Waals surface area contributed by atoms with Crippen LogP contribution in [0.2, 0.25) is 0 Å². The van der Waals surface area contributed by atoms with Crippen molar-refractivity contribution < 1.29 is 0 Å². The molecule has 2 fully saturated rings. The van der Waals surface area contributed by atoms with Crippen molar-refractivity contribution in [2.24, 2.45) is 17.3 Å². The maximum absolute atomic E-state index is 3.75. The van der Waals surface area contributed by atoms with Crippen molar-refractivity contribution in [1.82, 2.24) is 5.32 Å². The number of rotatable bonds is 6. The van der Waals surface area contributed by atoms with Gasteiger partial charge in [-0.1, -0.05) is 25.1 Å². The van der Waals surface area contributed by atoms with E-state index in [1.54, 1.807) is 10.5 Å². The summed E-state index contributed by atoms with van der Waals surface area (Å²) in [6, 6.07) is 9.11. The predicted octanol–water partition coefficient (Wildman–Crippen LogP) is 4.68. The minimum absolute atomic E-state index is 0.603. The standard InChI is InChI=1S/C19H27NS/c1-2-7-20-13-19(9-14-8-15(14)10-19)11-16-12-21-18-6-4-3-5-17(16)18/h3-6,14-16,20H,2,7-13H2,1H3. The van der Waals surface area contributed by atoms with Gasteiger partial charge in [0, 0.05) is 17.2 Å². The first-order valence-corrected chi connectivity index (χ1v) is 9.71. The fourth-order valence-electron chi connectivity index (χ4n) is 4.84. The molecule has 1 heterocycles. The molecule has 1 nitrogen and oxygen atoms in total. The Morgan fingerprint density at radius 2 is 2.05 bits per heavy atom. The van der Waals surface area contributed by atoms with Gasteiger partial charge in [-0.3, -0.25) is 0 Å². The summed E-state index contributed by atoms with van der Waals surface area (Å²) in [6.07, 6.45) is 7.20. The van der Waals surface area contributed by atoms with Crippen LogP contribution in [0.4, 0.5) is 0 Å². The maximum atomic E-state index is 3.75. The molecule has 2 heteroatoms. The highest BCUT2D eigenvalue weighted by Crippen LogP contribution is 2.62. The fraction of sp³-hybridized carbons (Fsp3) is 0.684. The van der Waals surface area contributed by atoms with Crippen LogP contribution in [0.25, 0.3) is 0 Å². The highest BCUT2D eigenvalue weighted by molar-refractivity contribution is 7.99. The Morgan fingerprint density at radius 3 is 2.86 bits per heavy atom. The van der Waals surface area contributed by atoms with Crippen LogP contribution in [0.15, 0.2) is 29.2 Å². The zero-order chi connectivity index (χ0) is 14.3. The van der Waals surface area contributed by atoms with Crippen LogP contribution in [-0.2, 0) is 0 Å². The smallest absolute Gasteiger partial charge is 0.0107 e. The van der Waals surface area contributed by atoms with Crippen molar-refractivity contribution in [3.8, 4) is 0 Å². The molecule has 0 amide bonds. The van der Waals surface area contributed by atoms with E-state index in [9.17, 15) is 0 Å². The summed E-state index contributed by atoms with van der Waals surface area (Å²) in [4.78, 5) is 1.54. The monoisotopic (exact) mass is 301 g/mol. The Kier molecular flexibility index (Phi) is 3.79. The highest BCUT2D eigenvalue weighted by Gasteiger charge is 2.54. The first-order chi connectivity index (χ1) is 10.3. The number of thioether (sulfide) groups is 1. The number of benzene rings is 1. The Bertz CT molecular complexity index is 502. The normalized spacial score (nSPS) is 36.5. The molecule has 1 N–H and O–H groups in total. The molecular formula is C19H27NS. The summed E-state index contributed by atoms with van der Waals surface area (Å²) in [6.45, 7) is 4.72. The minimum atomic E-state index is 0.603. The zero-order valence-corrected chi connectivity index (χ0v) is 13.9. The summed E-state index contributed by atoms with van der Waals surface area (Å²) in [5.41, 5.74) is 2.24. The number of fused-ring (bicyclic) bond motifs is 2. The van der Waals surface area contributed by atoms with E-state index >= 15 is 0 Å².